The molecule has 0 aliphatic rings. The van der Waals surface area contributed by atoms with Crippen molar-refractivity contribution in [1.82, 2.24) is 5.32 Å². The fourth-order valence-electron chi connectivity index (χ4n) is 0.957. The van der Waals surface area contributed by atoms with E-state index in [4.69, 9.17) is 10.8 Å². The van der Waals surface area contributed by atoms with Gasteiger partial charge in [0.05, 0.1) is 5.75 Å². The SMILES string of the molecule is NC(=O)CSCCC(=O)NCCSCCCO. The number of nitrogens with two attached hydrogens (primary N) is 1. The molecule has 0 saturated carbocycles. The van der Waals surface area contributed by atoms with Gasteiger partial charge in [0.15, 0.2) is 0 Å². The zero-order valence-electron chi connectivity index (χ0n) is 9.81. The monoisotopic (exact) mass is 280 g/mol. The van der Waals surface area contributed by atoms with E-state index in [1.807, 2.05) is 0 Å². The van der Waals surface area contributed by atoms with E-state index in [0.29, 0.717) is 18.7 Å². The van der Waals surface area contributed by atoms with Crippen LogP contribution in [0.2, 0.25) is 0 Å². The molecule has 0 bridgehead atoms. The highest BCUT2D eigenvalue weighted by atomic mass is 32.2. The topological polar surface area (TPSA) is 92.4 Å². The number of amides is 2. The van der Waals surface area contributed by atoms with Crippen LogP contribution in [0.4, 0.5) is 0 Å². The lowest BCUT2D eigenvalue weighted by Gasteiger charge is -2.04. The van der Waals surface area contributed by atoms with Gasteiger partial charge in [0.2, 0.25) is 11.8 Å². The molecule has 0 spiro atoms. The Morgan fingerprint density at radius 2 is 1.94 bits per heavy atom. The first-order valence-electron chi connectivity index (χ1n) is 5.48. The maximum Gasteiger partial charge on any atom is 0.227 e. The summed E-state index contributed by atoms with van der Waals surface area (Å²) in [6, 6.07) is 0. The number of rotatable bonds is 11. The zero-order chi connectivity index (χ0) is 12.9. The van der Waals surface area contributed by atoms with Gasteiger partial charge in [0.1, 0.15) is 0 Å². The Balaban J connectivity index is 3.20. The van der Waals surface area contributed by atoms with Crippen molar-refractivity contribution in [2.24, 2.45) is 5.73 Å². The Bertz CT molecular complexity index is 228. The van der Waals surface area contributed by atoms with Crippen LogP contribution >= 0.6 is 23.5 Å². The Kier molecular flexibility index (Phi) is 11.8. The maximum atomic E-state index is 11.3. The van der Waals surface area contributed by atoms with E-state index in [1.54, 1.807) is 11.8 Å². The van der Waals surface area contributed by atoms with Crippen molar-refractivity contribution >= 4 is 35.3 Å². The molecule has 0 aliphatic heterocycles. The number of thioether (sulfide) groups is 2. The summed E-state index contributed by atoms with van der Waals surface area (Å²) in [5, 5.41) is 11.3. The minimum Gasteiger partial charge on any atom is -0.396 e. The predicted octanol–water partition coefficient (Wildman–Crippen LogP) is -0.173. The third-order valence-corrected chi connectivity index (χ3v) is 3.78. The first kappa shape index (κ1) is 16.6. The van der Waals surface area contributed by atoms with E-state index < -0.39 is 0 Å². The lowest BCUT2D eigenvalue weighted by atomic mass is 10.4. The minimum atomic E-state index is -0.351. The van der Waals surface area contributed by atoms with E-state index in [1.165, 1.54) is 11.8 Å². The van der Waals surface area contributed by atoms with Gasteiger partial charge >= 0.3 is 0 Å². The number of aliphatic hydroxyl groups is 1. The quantitative estimate of drug-likeness (QED) is 0.457. The molecule has 0 heterocycles. The molecule has 100 valence electrons. The normalized spacial score (nSPS) is 10.2. The van der Waals surface area contributed by atoms with Gasteiger partial charge in [0, 0.05) is 31.1 Å². The van der Waals surface area contributed by atoms with Crippen LogP contribution < -0.4 is 11.1 Å². The molecule has 2 amide bonds. The van der Waals surface area contributed by atoms with Crippen molar-refractivity contribution in [3.05, 3.63) is 0 Å². The average molecular weight is 280 g/mol. The summed E-state index contributed by atoms with van der Waals surface area (Å²) in [5.74, 6) is 2.32. The highest BCUT2D eigenvalue weighted by Gasteiger charge is 2.01. The van der Waals surface area contributed by atoms with Crippen molar-refractivity contribution in [3.63, 3.8) is 0 Å². The Labute approximate surface area is 110 Å². The highest BCUT2D eigenvalue weighted by Crippen LogP contribution is 2.02. The van der Waals surface area contributed by atoms with Crippen LogP contribution in [0.3, 0.4) is 0 Å². The van der Waals surface area contributed by atoms with Crippen LogP contribution in [0.25, 0.3) is 0 Å². The van der Waals surface area contributed by atoms with Crippen molar-refractivity contribution in [3.8, 4) is 0 Å². The van der Waals surface area contributed by atoms with Crippen LogP contribution in [-0.4, -0.2) is 53.1 Å². The minimum absolute atomic E-state index is 0.00438. The molecular formula is C10H20N2O3S2. The van der Waals surface area contributed by atoms with Gasteiger partial charge in [-0.2, -0.15) is 23.5 Å². The van der Waals surface area contributed by atoms with Gasteiger partial charge in [-0.15, -0.1) is 0 Å². The molecule has 0 unspecified atom stereocenters. The van der Waals surface area contributed by atoms with E-state index in [2.05, 4.69) is 5.32 Å². The fourth-order valence-corrected chi connectivity index (χ4v) is 2.42. The summed E-state index contributed by atoms with van der Waals surface area (Å²) in [6.45, 7) is 0.867. The molecule has 0 aromatic heterocycles. The van der Waals surface area contributed by atoms with Crippen molar-refractivity contribution in [2.75, 3.05) is 36.2 Å². The van der Waals surface area contributed by atoms with Crippen molar-refractivity contribution in [1.29, 1.82) is 0 Å². The predicted molar refractivity (Wildman–Crippen MR) is 73.2 cm³/mol. The molecular weight excluding hydrogens is 260 g/mol. The molecule has 5 nitrogen and oxygen atoms in total. The van der Waals surface area contributed by atoms with Crippen LogP contribution in [0, 0.1) is 0 Å². The molecule has 4 N–H and O–H groups in total. The van der Waals surface area contributed by atoms with Gasteiger partial charge in [-0.3, -0.25) is 9.59 Å². The number of aliphatic hydroxyl groups excluding tert-OH is 1. The summed E-state index contributed by atoms with van der Waals surface area (Å²) >= 11 is 3.08. The third-order valence-electron chi connectivity index (χ3n) is 1.73. The van der Waals surface area contributed by atoms with Gasteiger partial charge in [-0.05, 0) is 12.2 Å². The maximum absolute atomic E-state index is 11.3. The van der Waals surface area contributed by atoms with Gasteiger partial charge in [-0.25, -0.2) is 0 Å². The molecule has 0 fully saturated rings. The summed E-state index contributed by atoms with van der Waals surface area (Å²) in [4.78, 5) is 21.7. The first-order valence-corrected chi connectivity index (χ1v) is 7.79. The summed E-state index contributed by atoms with van der Waals surface area (Å²) in [6.07, 6.45) is 1.21. The summed E-state index contributed by atoms with van der Waals surface area (Å²) in [7, 11) is 0. The molecule has 0 saturated heterocycles. The van der Waals surface area contributed by atoms with E-state index >= 15 is 0 Å². The Morgan fingerprint density at radius 3 is 2.59 bits per heavy atom. The third kappa shape index (κ3) is 13.5. The van der Waals surface area contributed by atoms with Crippen LogP contribution in [-0.2, 0) is 9.59 Å². The molecule has 0 aromatic rings. The van der Waals surface area contributed by atoms with E-state index in [9.17, 15) is 9.59 Å². The standard InChI is InChI=1S/C10H20N2O3S2/c11-9(14)8-17-6-2-10(15)12-3-7-16-5-1-4-13/h13H,1-8H2,(H2,11,14)(H,12,15). The molecule has 0 atom stereocenters. The second-order valence-electron chi connectivity index (χ2n) is 3.31. The number of nitrogens with one attached hydrogen (secondary N) is 1. The second-order valence-corrected chi connectivity index (χ2v) is 5.64. The number of carbonyl (C=O) groups is 2. The van der Waals surface area contributed by atoms with Gasteiger partial charge < -0.3 is 16.2 Å². The number of carbonyl (C=O) groups excluding carboxylic acids is 2. The largest absolute Gasteiger partial charge is 0.396 e. The van der Waals surface area contributed by atoms with Crippen LogP contribution in [0.15, 0.2) is 0 Å². The Hall–Kier alpha value is -0.400. The molecule has 0 aliphatic carbocycles. The first-order chi connectivity index (χ1) is 8.16. The summed E-state index contributed by atoms with van der Waals surface area (Å²) < 4.78 is 0. The molecule has 7 heteroatoms. The molecule has 17 heavy (non-hydrogen) atoms. The summed E-state index contributed by atoms with van der Waals surface area (Å²) in [5.41, 5.74) is 4.97. The average Bonchev–Trinajstić information content (AvgIpc) is 2.29. The zero-order valence-corrected chi connectivity index (χ0v) is 11.4. The van der Waals surface area contributed by atoms with E-state index in [-0.39, 0.29) is 24.2 Å². The van der Waals surface area contributed by atoms with Gasteiger partial charge in [0.25, 0.3) is 0 Å². The lowest BCUT2D eigenvalue weighted by molar-refractivity contribution is -0.120. The van der Waals surface area contributed by atoms with Crippen molar-refractivity contribution in [2.45, 2.75) is 12.8 Å². The molecule has 0 aromatic carbocycles. The number of hydrogen-bond donors (Lipinski definition) is 3. The number of primary amides is 1. The van der Waals surface area contributed by atoms with Crippen LogP contribution in [0.1, 0.15) is 12.8 Å². The van der Waals surface area contributed by atoms with Crippen molar-refractivity contribution < 1.29 is 14.7 Å². The van der Waals surface area contributed by atoms with Gasteiger partial charge in [-0.1, -0.05) is 0 Å². The molecule has 0 radical (unpaired) electrons. The lowest BCUT2D eigenvalue weighted by Crippen LogP contribution is -2.26. The second kappa shape index (κ2) is 12.1. The smallest absolute Gasteiger partial charge is 0.227 e. The van der Waals surface area contributed by atoms with Crippen LogP contribution in [0.5, 0.6) is 0 Å². The highest BCUT2D eigenvalue weighted by molar-refractivity contribution is 8.00. The van der Waals surface area contributed by atoms with E-state index in [0.717, 1.165) is 17.9 Å². The fraction of sp³-hybridized carbons (Fsp3) is 0.800. The molecule has 0 rings (SSSR count). The number of hydrogen-bond acceptors (Lipinski definition) is 5. The Morgan fingerprint density at radius 1 is 1.18 bits per heavy atom.